The monoisotopic (exact) mass is 434 g/mol. The summed E-state index contributed by atoms with van der Waals surface area (Å²) in [6.07, 6.45) is 3.48. The summed E-state index contributed by atoms with van der Waals surface area (Å²) in [5, 5.41) is 0.969. The van der Waals surface area contributed by atoms with E-state index in [0.29, 0.717) is 12.4 Å². The van der Waals surface area contributed by atoms with E-state index < -0.39 is 0 Å². The highest BCUT2D eigenvalue weighted by atomic mass is 16.5. The molecule has 0 spiro atoms. The molecule has 0 atom stereocenters. The fourth-order valence-electron chi connectivity index (χ4n) is 4.03. The summed E-state index contributed by atoms with van der Waals surface area (Å²) in [4.78, 5) is 17.0. The van der Waals surface area contributed by atoms with Crippen LogP contribution in [0.25, 0.3) is 27.7 Å². The van der Waals surface area contributed by atoms with Gasteiger partial charge in [0.2, 0.25) is 5.91 Å². The molecule has 1 aromatic heterocycles. The number of furan rings is 1. The largest absolute Gasteiger partial charge is 0.497 e. The second-order valence-electron chi connectivity index (χ2n) is 8.11. The summed E-state index contributed by atoms with van der Waals surface area (Å²) < 4.78 is 17.2. The summed E-state index contributed by atoms with van der Waals surface area (Å²) in [5.41, 5.74) is 4.49. The Kier molecular flexibility index (Phi) is 6.51. The molecule has 1 aliphatic heterocycles. The van der Waals surface area contributed by atoms with E-state index in [9.17, 15) is 4.79 Å². The van der Waals surface area contributed by atoms with E-state index in [-0.39, 0.29) is 5.91 Å². The Bertz CT molecular complexity index is 1140. The molecule has 6 nitrogen and oxygen atoms in total. The number of allylic oxidation sites excluding steroid dienone is 1. The third kappa shape index (κ3) is 4.50. The zero-order chi connectivity index (χ0) is 22.7. The molecule has 1 amide bonds. The third-order valence-electron chi connectivity index (χ3n) is 5.94. The van der Waals surface area contributed by atoms with Crippen LogP contribution in [-0.4, -0.2) is 62.7 Å². The van der Waals surface area contributed by atoms with Crippen molar-refractivity contribution in [2.24, 2.45) is 0 Å². The number of fused-ring (bicyclic) bond motifs is 1. The molecule has 0 radical (unpaired) electrons. The van der Waals surface area contributed by atoms with E-state index in [0.717, 1.165) is 65.2 Å². The second kappa shape index (κ2) is 9.49. The molecular weight excluding hydrogens is 404 g/mol. The highest BCUT2D eigenvalue weighted by molar-refractivity contribution is 6.00. The van der Waals surface area contributed by atoms with E-state index in [1.807, 2.05) is 49.1 Å². The number of hydrogen-bond acceptors (Lipinski definition) is 5. The van der Waals surface area contributed by atoms with Gasteiger partial charge in [-0.15, -0.1) is 0 Å². The van der Waals surface area contributed by atoms with Gasteiger partial charge in [-0.05, 0) is 50.2 Å². The lowest BCUT2D eigenvalue weighted by Crippen LogP contribution is -2.46. The second-order valence-corrected chi connectivity index (χ2v) is 8.11. The van der Waals surface area contributed by atoms with Gasteiger partial charge in [0.1, 0.15) is 17.1 Å². The van der Waals surface area contributed by atoms with E-state index in [1.54, 1.807) is 19.4 Å². The summed E-state index contributed by atoms with van der Waals surface area (Å²) in [6, 6.07) is 11.9. The van der Waals surface area contributed by atoms with Crippen molar-refractivity contribution in [3.63, 3.8) is 0 Å². The van der Waals surface area contributed by atoms with Crippen LogP contribution in [0.2, 0.25) is 0 Å². The zero-order valence-electron chi connectivity index (χ0n) is 19.2. The highest BCUT2D eigenvalue weighted by Crippen LogP contribution is 2.38. The number of ether oxygens (including phenoxy) is 2. The molecule has 1 fully saturated rings. The molecule has 0 saturated carbocycles. The fourth-order valence-corrected chi connectivity index (χ4v) is 4.03. The van der Waals surface area contributed by atoms with Gasteiger partial charge in [0.15, 0.2) is 0 Å². The maximum Gasteiger partial charge on any atom is 0.246 e. The Morgan fingerprint density at radius 2 is 1.94 bits per heavy atom. The number of carbonyl (C=O) groups excluding carboxylic acids is 1. The van der Waals surface area contributed by atoms with Crippen molar-refractivity contribution in [2.75, 3.05) is 46.9 Å². The van der Waals surface area contributed by atoms with Crippen LogP contribution >= 0.6 is 0 Å². The Labute approximate surface area is 189 Å². The lowest BCUT2D eigenvalue weighted by molar-refractivity contribution is -0.127. The fraction of sp³-hybridized carbons (Fsp3) is 0.346. The predicted octanol–water partition coefficient (Wildman–Crippen LogP) is 4.68. The number of amides is 1. The van der Waals surface area contributed by atoms with Gasteiger partial charge in [0.05, 0.1) is 20.0 Å². The van der Waals surface area contributed by atoms with Gasteiger partial charge in [-0.3, -0.25) is 4.79 Å². The quantitative estimate of drug-likeness (QED) is 0.527. The van der Waals surface area contributed by atoms with Crippen molar-refractivity contribution in [3.05, 3.63) is 54.3 Å². The standard InChI is InChI=1S/C26H30N2O4/c1-5-31-24-16-25-22(23(17-32-25)19-7-6-8-20(14-19)30-4)15-21(24)18(2)13-26(29)28-11-9-27(3)10-12-28/h6-8,13-17H,5,9-12H2,1-4H3/b18-13+. The van der Waals surface area contributed by atoms with Crippen LogP contribution in [0.15, 0.2) is 53.2 Å². The van der Waals surface area contributed by atoms with Gasteiger partial charge >= 0.3 is 0 Å². The SMILES string of the molecule is CCOc1cc2occ(-c3cccc(OC)c3)c2cc1/C(C)=C/C(=O)N1CCN(C)CC1. The van der Waals surface area contributed by atoms with E-state index in [2.05, 4.69) is 18.0 Å². The molecule has 168 valence electrons. The maximum atomic E-state index is 12.9. The topological polar surface area (TPSA) is 55.2 Å². The lowest BCUT2D eigenvalue weighted by Gasteiger charge is -2.31. The Balaban J connectivity index is 1.73. The smallest absolute Gasteiger partial charge is 0.246 e. The van der Waals surface area contributed by atoms with Gasteiger partial charge in [-0.1, -0.05) is 12.1 Å². The summed E-state index contributed by atoms with van der Waals surface area (Å²) >= 11 is 0. The minimum atomic E-state index is 0.0401. The van der Waals surface area contributed by atoms with Crippen LogP contribution in [0, 0.1) is 0 Å². The van der Waals surface area contributed by atoms with Crippen LogP contribution in [0.1, 0.15) is 19.4 Å². The third-order valence-corrected chi connectivity index (χ3v) is 5.94. The minimum absolute atomic E-state index is 0.0401. The summed E-state index contributed by atoms with van der Waals surface area (Å²) in [5.74, 6) is 1.54. The molecule has 3 aromatic rings. The Hall–Kier alpha value is -3.25. The van der Waals surface area contributed by atoms with Gasteiger partial charge in [0, 0.05) is 54.8 Å². The van der Waals surface area contributed by atoms with Crippen molar-refractivity contribution in [1.29, 1.82) is 0 Å². The predicted molar refractivity (Wildman–Crippen MR) is 127 cm³/mol. The molecule has 0 N–H and O–H groups in total. The molecule has 2 aromatic carbocycles. The van der Waals surface area contributed by atoms with E-state index in [1.165, 1.54) is 0 Å². The average Bonchev–Trinajstić information content (AvgIpc) is 3.22. The highest BCUT2D eigenvalue weighted by Gasteiger charge is 2.19. The van der Waals surface area contributed by atoms with Crippen molar-refractivity contribution < 1.29 is 18.7 Å². The molecule has 4 rings (SSSR count). The number of rotatable bonds is 6. The number of likely N-dealkylation sites (N-methyl/N-ethyl adjacent to an activating group) is 1. The summed E-state index contributed by atoms with van der Waals surface area (Å²) in [7, 11) is 3.74. The molecule has 0 unspecified atom stereocenters. The first kappa shape index (κ1) is 22.0. The molecule has 0 bridgehead atoms. The van der Waals surface area contributed by atoms with E-state index in [4.69, 9.17) is 13.9 Å². The van der Waals surface area contributed by atoms with Crippen LogP contribution in [0.5, 0.6) is 11.5 Å². The van der Waals surface area contributed by atoms with Gasteiger partial charge in [-0.25, -0.2) is 0 Å². The Morgan fingerprint density at radius 3 is 2.66 bits per heavy atom. The normalized spacial score (nSPS) is 15.2. The molecule has 1 aliphatic rings. The molecule has 1 saturated heterocycles. The van der Waals surface area contributed by atoms with Crippen molar-refractivity contribution in [1.82, 2.24) is 9.80 Å². The first-order valence-corrected chi connectivity index (χ1v) is 11.0. The van der Waals surface area contributed by atoms with Crippen LogP contribution in [-0.2, 0) is 4.79 Å². The molecule has 2 heterocycles. The Morgan fingerprint density at radius 1 is 1.16 bits per heavy atom. The van der Waals surface area contributed by atoms with E-state index >= 15 is 0 Å². The maximum absolute atomic E-state index is 12.9. The summed E-state index contributed by atoms with van der Waals surface area (Å²) in [6.45, 7) is 7.73. The van der Waals surface area contributed by atoms with Crippen LogP contribution in [0.3, 0.4) is 0 Å². The first-order valence-electron chi connectivity index (χ1n) is 11.0. The van der Waals surface area contributed by atoms with Crippen LogP contribution < -0.4 is 9.47 Å². The lowest BCUT2D eigenvalue weighted by atomic mass is 9.99. The number of hydrogen-bond donors (Lipinski definition) is 0. The first-order chi connectivity index (χ1) is 15.5. The number of benzene rings is 2. The number of methoxy groups -OCH3 is 1. The molecular formula is C26H30N2O4. The van der Waals surface area contributed by atoms with Gasteiger partial charge in [0.25, 0.3) is 0 Å². The number of nitrogens with zero attached hydrogens (tertiary/aromatic N) is 2. The van der Waals surface area contributed by atoms with Crippen molar-refractivity contribution in [3.8, 4) is 22.6 Å². The van der Waals surface area contributed by atoms with Crippen molar-refractivity contribution >= 4 is 22.4 Å². The van der Waals surface area contributed by atoms with Crippen LogP contribution in [0.4, 0.5) is 0 Å². The zero-order valence-corrected chi connectivity index (χ0v) is 19.2. The van der Waals surface area contributed by atoms with Crippen molar-refractivity contribution in [2.45, 2.75) is 13.8 Å². The number of carbonyl (C=O) groups is 1. The van der Waals surface area contributed by atoms with Gasteiger partial charge < -0.3 is 23.7 Å². The minimum Gasteiger partial charge on any atom is -0.497 e. The number of piperazine rings is 1. The van der Waals surface area contributed by atoms with Gasteiger partial charge in [-0.2, -0.15) is 0 Å². The molecule has 6 heteroatoms. The average molecular weight is 435 g/mol. The molecule has 0 aliphatic carbocycles. The molecule has 32 heavy (non-hydrogen) atoms.